The lowest BCUT2D eigenvalue weighted by Crippen LogP contribution is -2.47. The van der Waals surface area contributed by atoms with Crippen molar-refractivity contribution in [2.24, 2.45) is 11.7 Å². The third kappa shape index (κ3) is 18.2. The van der Waals surface area contributed by atoms with Crippen molar-refractivity contribution in [3.8, 4) is 0 Å². The first-order valence-corrected chi connectivity index (χ1v) is 7.12. The fourth-order valence-electron chi connectivity index (χ4n) is 0.997. The van der Waals surface area contributed by atoms with Crippen molar-refractivity contribution in [2.45, 2.75) is 51.6 Å². The van der Waals surface area contributed by atoms with Crippen molar-refractivity contribution in [2.75, 3.05) is 0 Å². The molecule has 0 fully saturated rings. The predicted octanol–water partition coefficient (Wildman–Crippen LogP) is 1.22. The van der Waals surface area contributed by atoms with E-state index >= 15 is 0 Å². The van der Waals surface area contributed by atoms with Crippen molar-refractivity contribution in [3.05, 3.63) is 0 Å². The summed E-state index contributed by atoms with van der Waals surface area (Å²) in [6, 6.07) is -1.52. The first-order valence-electron chi connectivity index (χ1n) is 7.12. The molecule has 0 aliphatic carbocycles. The Labute approximate surface area is 154 Å². The molecule has 0 aromatic rings. The van der Waals surface area contributed by atoms with Crippen molar-refractivity contribution in [3.63, 3.8) is 0 Å². The summed E-state index contributed by atoms with van der Waals surface area (Å²) < 4.78 is 63.5. The maximum atomic E-state index is 11.3. The molecule has 0 spiro atoms. The molecule has 0 saturated heterocycles. The van der Waals surface area contributed by atoms with E-state index in [0.29, 0.717) is 12.3 Å². The van der Waals surface area contributed by atoms with Gasteiger partial charge in [-0.25, -0.2) is 9.59 Å². The smallest absolute Gasteiger partial charge is 0.480 e. The summed E-state index contributed by atoms with van der Waals surface area (Å²) in [5.41, 5.74) is 5.56. The number of hydrogen-bond acceptors (Lipinski definition) is 5. The maximum Gasteiger partial charge on any atom is 0.490 e. The van der Waals surface area contributed by atoms with Crippen LogP contribution in [-0.2, 0) is 19.2 Å². The van der Waals surface area contributed by atoms with Gasteiger partial charge in [0.05, 0.1) is 6.04 Å². The van der Waals surface area contributed by atoms with Gasteiger partial charge in [0, 0.05) is 0 Å². The number of carboxylic acids is 3. The molecule has 0 heterocycles. The van der Waals surface area contributed by atoms with Crippen LogP contribution in [0.1, 0.15) is 27.2 Å². The monoisotopic (exact) mass is 430 g/mol. The minimum atomic E-state index is -5.08. The molecule has 0 aromatic carbocycles. The van der Waals surface area contributed by atoms with Gasteiger partial charge in [0.15, 0.2) is 0 Å². The van der Waals surface area contributed by atoms with Gasteiger partial charge >= 0.3 is 30.3 Å². The third-order valence-electron chi connectivity index (χ3n) is 2.28. The van der Waals surface area contributed by atoms with E-state index in [1.807, 2.05) is 13.8 Å². The second kappa shape index (κ2) is 12.7. The molecule has 0 aliphatic rings. The summed E-state index contributed by atoms with van der Waals surface area (Å²) in [5, 5.41) is 25.1. The molecule has 1 unspecified atom stereocenters. The molecule has 9 nitrogen and oxygen atoms in total. The Kier molecular flexibility index (Phi) is 13.7. The zero-order valence-electron chi connectivity index (χ0n) is 14.8. The van der Waals surface area contributed by atoms with E-state index < -0.39 is 48.3 Å². The van der Waals surface area contributed by atoms with Crippen LogP contribution < -0.4 is 11.1 Å². The van der Waals surface area contributed by atoms with Crippen LogP contribution in [0.4, 0.5) is 26.3 Å². The van der Waals surface area contributed by atoms with E-state index in [1.165, 1.54) is 6.92 Å². The molecular formula is C13H20F6N2O7. The van der Waals surface area contributed by atoms with Crippen molar-refractivity contribution >= 4 is 23.8 Å². The maximum absolute atomic E-state index is 11.3. The van der Waals surface area contributed by atoms with Crippen LogP contribution in [0.3, 0.4) is 0 Å². The number of amides is 1. The molecule has 0 aliphatic heterocycles. The highest BCUT2D eigenvalue weighted by atomic mass is 19.4. The number of nitrogens with two attached hydrogens (primary N) is 1. The Morgan fingerprint density at radius 2 is 1.14 bits per heavy atom. The lowest BCUT2D eigenvalue weighted by molar-refractivity contribution is -0.193. The fraction of sp³-hybridized carbons (Fsp3) is 0.692. The second-order valence-corrected chi connectivity index (χ2v) is 5.41. The average Bonchev–Trinajstić information content (AvgIpc) is 2.45. The Hall–Kier alpha value is -2.58. The zero-order valence-corrected chi connectivity index (χ0v) is 14.8. The molecule has 0 rings (SSSR count). The van der Waals surface area contributed by atoms with Crippen LogP contribution in [0.5, 0.6) is 0 Å². The molecule has 28 heavy (non-hydrogen) atoms. The number of halogens is 6. The van der Waals surface area contributed by atoms with Gasteiger partial charge < -0.3 is 26.4 Å². The van der Waals surface area contributed by atoms with E-state index in [4.69, 9.17) is 30.6 Å². The number of alkyl halides is 6. The largest absolute Gasteiger partial charge is 0.490 e. The molecule has 6 N–H and O–H groups in total. The summed E-state index contributed by atoms with van der Waals surface area (Å²) in [6.45, 7) is 5.31. The third-order valence-corrected chi connectivity index (χ3v) is 2.28. The normalized spacial score (nSPS) is 13.1. The first kappa shape index (κ1) is 30.2. The van der Waals surface area contributed by atoms with Gasteiger partial charge in [-0.05, 0) is 19.3 Å². The van der Waals surface area contributed by atoms with Gasteiger partial charge in [0.2, 0.25) is 5.91 Å². The predicted molar refractivity (Wildman–Crippen MR) is 80.1 cm³/mol. The number of hydrogen-bond donors (Lipinski definition) is 5. The number of carbonyl (C=O) groups excluding carboxylic acids is 1. The molecule has 0 aromatic heterocycles. The summed E-state index contributed by atoms with van der Waals surface area (Å²) in [7, 11) is 0. The molecule has 0 saturated carbocycles. The number of aliphatic carboxylic acids is 3. The molecule has 1 amide bonds. The number of nitrogens with one attached hydrogen (secondary N) is 1. The second-order valence-electron chi connectivity index (χ2n) is 5.41. The Balaban J connectivity index is -0.000000375. The standard InChI is InChI=1S/C9H18N2O3.2C2HF3O2/c1-5(2)4-7(10)8(12)11-6(3)9(13)14;2*3-2(4,5)1(6)7/h5-7H,4,10H2,1-3H3,(H,11,12)(H,13,14);2*(H,6,7)/t6?,7-;;/m0../s1. The average molecular weight is 430 g/mol. The molecule has 166 valence electrons. The van der Waals surface area contributed by atoms with Crippen molar-refractivity contribution in [1.82, 2.24) is 5.32 Å². The van der Waals surface area contributed by atoms with Crippen molar-refractivity contribution in [1.29, 1.82) is 0 Å². The summed E-state index contributed by atoms with van der Waals surface area (Å²) in [5.74, 6) is -6.67. The van der Waals surface area contributed by atoms with Gasteiger partial charge in [-0.15, -0.1) is 0 Å². The van der Waals surface area contributed by atoms with Gasteiger partial charge in [0.1, 0.15) is 6.04 Å². The quantitative estimate of drug-likeness (QED) is 0.406. The number of rotatable bonds is 5. The highest BCUT2D eigenvalue weighted by molar-refractivity contribution is 5.86. The molecule has 15 heteroatoms. The molecule has 0 radical (unpaired) electrons. The van der Waals surface area contributed by atoms with Crippen LogP contribution in [0.15, 0.2) is 0 Å². The van der Waals surface area contributed by atoms with Crippen LogP contribution in [0, 0.1) is 5.92 Å². The molecule has 2 atom stereocenters. The lowest BCUT2D eigenvalue weighted by Gasteiger charge is -2.16. The van der Waals surface area contributed by atoms with E-state index in [1.54, 1.807) is 0 Å². The SMILES string of the molecule is CC(C)C[C@H](N)C(=O)NC(C)C(=O)O.O=C(O)C(F)(F)F.O=C(O)C(F)(F)F. The highest BCUT2D eigenvalue weighted by Crippen LogP contribution is 2.13. The minimum Gasteiger partial charge on any atom is -0.480 e. The van der Waals surface area contributed by atoms with Crippen molar-refractivity contribution < 1.29 is 60.8 Å². The van der Waals surface area contributed by atoms with Gasteiger partial charge in [-0.1, -0.05) is 13.8 Å². The van der Waals surface area contributed by atoms with Crippen LogP contribution in [-0.4, -0.2) is 63.6 Å². The van der Waals surface area contributed by atoms with E-state index in [0.717, 1.165) is 0 Å². The topological polar surface area (TPSA) is 167 Å². The Morgan fingerprint density at radius 3 is 1.32 bits per heavy atom. The lowest BCUT2D eigenvalue weighted by atomic mass is 10.0. The summed E-state index contributed by atoms with van der Waals surface area (Å²) >= 11 is 0. The number of carboxylic acid groups (broad SMARTS) is 3. The van der Waals surface area contributed by atoms with Gasteiger partial charge in [0.25, 0.3) is 0 Å². The first-order chi connectivity index (χ1) is 12.2. The number of carbonyl (C=O) groups is 4. The van der Waals surface area contributed by atoms with E-state index in [2.05, 4.69) is 5.32 Å². The minimum absolute atomic E-state index is 0.316. The van der Waals surface area contributed by atoms with Crippen LogP contribution >= 0.6 is 0 Å². The Bertz CT molecular complexity index is 510. The van der Waals surface area contributed by atoms with Crippen LogP contribution in [0.25, 0.3) is 0 Å². The zero-order chi connectivity index (χ0) is 23.5. The van der Waals surface area contributed by atoms with E-state index in [9.17, 15) is 35.9 Å². The van der Waals surface area contributed by atoms with E-state index in [-0.39, 0.29) is 0 Å². The van der Waals surface area contributed by atoms with Crippen LogP contribution in [0.2, 0.25) is 0 Å². The molecule has 0 bridgehead atoms. The fourth-order valence-corrected chi connectivity index (χ4v) is 0.997. The summed E-state index contributed by atoms with van der Waals surface area (Å²) in [4.78, 5) is 39.5. The summed E-state index contributed by atoms with van der Waals surface area (Å²) in [6.07, 6.45) is -9.61. The highest BCUT2D eigenvalue weighted by Gasteiger charge is 2.38. The van der Waals surface area contributed by atoms with Gasteiger partial charge in [-0.3, -0.25) is 9.59 Å². The molecular weight excluding hydrogens is 410 g/mol. The Morgan fingerprint density at radius 1 is 0.857 bits per heavy atom. The van der Waals surface area contributed by atoms with Gasteiger partial charge in [-0.2, -0.15) is 26.3 Å².